The summed E-state index contributed by atoms with van der Waals surface area (Å²) in [5.41, 5.74) is 1.03. The van der Waals surface area contributed by atoms with E-state index in [0.717, 1.165) is 21.9 Å². The summed E-state index contributed by atoms with van der Waals surface area (Å²) in [5, 5.41) is 10.0. The minimum atomic E-state index is -1.02. The highest BCUT2D eigenvalue weighted by Gasteiger charge is 2.69. The molecule has 4 aliphatic rings. The number of aromatic nitrogens is 2. The molecule has 2 aromatic rings. The van der Waals surface area contributed by atoms with Gasteiger partial charge in [-0.05, 0) is 35.8 Å². The van der Waals surface area contributed by atoms with Crippen molar-refractivity contribution in [3.63, 3.8) is 0 Å². The van der Waals surface area contributed by atoms with Crippen LogP contribution in [0.3, 0.4) is 0 Å². The van der Waals surface area contributed by atoms with Gasteiger partial charge in [0.15, 0.2) is 0 Å². The normalized spacial score (nSPS) is 35.2. The SMILES string of the molecule is O=C(O)CCN1C(=O)C2C3CC(C2C1=O)C1C3Sc2[nH]c(=O)sc2[C@@H]1c1cccnc1. The molecule has 2 N–H and O–H groups in total. The first-order chi connectivity index (χ1) is 15.0. The number of carboxylic acids is 1. The Morgan fingerprint density at radius 2 is 2.00 bits per heavy atom. The molecule has 6 unspecified atom stereocenters. The number of pyridine rings is 1. The molecule has 3 fully saturated rings. The van der Waals surface area contributed by atoms with Crippen LogP contribution in [0, 0.1) is 29.6 Å². The summed E-state index contributed by atoms with van der Waals surface area (Å²) in [6.07, 6.45) is 4.13. The predicted octanol–water partition coefficient (Wildman–Crippen LogP) is 1.78. The van der Waals surface area contributed by atoms with Gasteiger partial charge in [0.05, 0.1) is 23.3 Å². The molecule has 31 heavy (non-hydrogen) atoms. The number of carboxylic acid groups (broad SMARTS) is 1. The van der Waals surface area contributed by atoms with Crippen molar-refractivity contribution < 1.29 is 19.5 Å². The number of hydrogen-bond acceptors (Lipinski definition) is 7. The summed E-state index contributed by atoms with van der Waals surface area (Å²) in [4.78, 5) is 58.8. The number of nitrogens with zero attached hydrogens (tertiary/aromatic N) is 2. The quantitative estimate of drug-likeness (QED) is 0.672. The molecule has 4 heterocycles. The van der Waals surface area contributed by atoms with Gasteiger partial charge in [0.1, 0.15) is 0 Å². The van der Waals surface area contributed by atoms with Gasteiger partial charge in [-0.2, -0.15) is 0 Å². The van der Waals surface area contributed by atoms with E-state index in [-0.39, 0.29) is 70.4 Å². The second-order valence-corrected chi connectivity index (χ2v) is 10.9. The van der Waals surface area contributed by atoms with Crippen molar-refractivity contribution in [1.82, 2.24) is 14.9 Å². The molecule has 10 heteroatoms. The van der Waals surface area contributed by atoms with Gasteiger partial charge in [0.25, 0.3) is 0 Å². The van der Waals surface area contributed by atoms with Crippen molar-refractivity contribution in [2.45, 2.75) is 29.0 Å². The zero-order valence-electron chi connectivity index (χ0n) is 16.3. The zero-order valence-corrected chi connectivity index (χ0v) is 17.9. The number of carbonyl (C=O) groups excluding carboxylic acids is 2. The zero-order chi connectivity index (χ0) is 21.4. The fraction of sp³-hybridized carbons (Fsp3) is 0.476. The maximum absolute atomic E-state index is 13.2. The summed E-state index contributed by atoms with van der Waals surface area (Å²) in [6, 6.07) is 3.90. The number of thiazole rings is 1. The number of nitrogens with one attached hydrogen (secondary N) is 1. The summed E-state index contributed by atoms with van der Waals surface area (Å²) in [5.74, 6) is -2.03. The van der Waals surface area contributed by atoms with E-state index < -0.39 is 5.97 Å². The van der Waals surface area contributed by atoms with Gasteiger partial charge in [-0.3, -0.25) is 29.1 Å². The molecule has 160 valence electrons. The first-order valence-corrected chi connectivity index (χ1v) is 12.0. The number of fused-ring (bicyclic) bond motifs is 9. The van der Waals surface area contributed by atoms with Crippen LogP contribution in [0.5, 0.6) is 0 Å². The molecule has 2 aliphatic heterocycles. The molecule has 6 rings (SSSR count). The Morgan fingerprint density at radius 1 is 1.23 bits per heavy atom. The number of H-pyrrole nitrogens is 1. The van der Waals surface area contributed by atoms with Crippen LogP contribution >= 0.6 is 23.1 Å². The summed E-state index contributed by atoms with van der Waals surface area (Å²) in [6.45, 7) is -0.0609. The summed E-state index contributed by atoms with van der Waals surface area (Å²) < 4.78 is 0. The highest BCUT2D eigenvalue weighted by Crippen LogP contribution is 2.68. The van der Waals surface area contributed by atoms with Crippen LogP contribution in [-0.4, -0.2) is 49.6 Å². The lowest BCUT2D eigenvalue weighted by Gasteiger charge is -2.42. The molecular weight excluding hydrogens is 438 g/mol. The number of aromatic amines is 1. The van der Waals surface area contributed by atoms with Crippen molar-refractivity contribution in [3.8, 4) is 0 Å². The van der Waals surface area contributed by atoms with E-state index >= 15 is 0 Å². The van der Waals surface area contributed by atoms with Crippen LogP contribution in [0.1, 0.15) is 29.2 Å². The summed E-state index contributed by atoms with van der Waals surface area (Å²) >= 11 is 2.86. The number of rotatable bonds is 4. The molecule has 0 radical (unpaired) electrons. The van der Waals surface area contributed by atoms with E-state index in [1.807, 2.05) is 18.3 Å². The largest absolute Gasteiger partial charge is 0.481 e. The van der Waals surface area contributed by atoms with Crippen molar-refractivity contribution in [2.75, 3.05) is 6.54 Å². The molecule has 8 nitrogen and oxygen atoms in total. The standard InChI is InChI=1S/C21H19N3O5S2/c25-11(26)3-5-24-19(27)14-9-6-10(15(14)20(24)28)16-13(9)12(8-2-1-4-22-7-8)17-18(30-16)23-21(29)31-17/h1-2,4,7,9-10,12-16H,3,5-6H2,(H,23,29)(H,25,26)/t9?,10?,12-,13?,14?,15?,16?/m1/s1. The van der Waals surface area contributed by atoms with E-state index in [4.69, 9.17) is 5.11 Å². The Bertz CT molecular complexity index is 1160. The van der Waals surface area contributed by atoms with Gasteiger partial charge in [-0.1, -0.05) is 17.4 Å². The summed E-state index contributed by atoms with van der Waals surface area (Å²) in [7, 11) is 0. The number of imide groups is 1. The number of likely N-dealkylation sites (tertiary alicyclic amines) is 1. The second kappa shape index (κ2) is 6.77. The third-order valence-corrected chi connectivity index (χ3v) is 10.00. The van der Waals surface area contributed by atoms with Gasteiger partial charge >= 0.3 is 10.8 Å². The third-order valence-electron chi connectivity index (χ3n) is 7.41. The Balaban J connectivity index is 1.41. The van der Waals surface area contributed by atoms with E-state index in [9.17, 15) is 19.2 Å². The van der Waals surface area contributed by atoms with E-state index in [2.05, 4.69) is 9.97 Å². The lowest BCUT2D eigenvalue weighted by Crippen LogP contribution is -2.42. The van der Waals surface area contributed by atoms with Crippen LogP contribution in [0.25, 0.3) is 0 Å². The Morgan fingerprint density at radius 3 is 2.71 bits per heavy atom. The molecule has 2 aromatic heterocycles. The molecule has 0 aromatic carbocycles. The van der Waals surface area contributed by atoms with Crippen molar-refractivity contribution >= 4 is 40.9 Å². The highest BCUT2D eigenvalue weighted by molar-refractivity contribution is 8.00. The van der Waals surface area contributed by atoms with Crippen molar-refractivity contribution in [2.24, 2.45) is 29.6 Å². The highest BCUT2D eigenvalue weighted by atomic mass is 32.2. The topological polar surface area (TPSA) is 120 Å². The van der Waals surface area contributed by atoms with Crippen molar-refractivity contribution in [1.29, 1.82) is 0 Å². The fourth-order valence-electron chi connectivity index (χ4n) is 6.44. The van der Waals surface area contributed by atoms with Crippen LogP contribution in [0.15, 0.2) is 34.3 Å². The average Bonchev–Trinajstić information content (AvgIpc) is 3.46. The number of aliphatic carboxylic acids is 1. The maximum Gasteiger partial charge on any atom is 0.305 e. The Labute approximate surface area is 185 Å². The van der Waals surface area contributed by atoms with E-state index in [1.165, 1.54) is 16.2 Å². The number of carbonyl (C=O) groups is 3. The molecule has 2 aliphatic carbocycles. The van der Waals surface area contributed by atoms with Crippen LogP contribution < -0.4 is 4.87 Å². The number of amides is 2. The van der Waals surface area contributed by atoms with Gasteiger partial charge in [0, 0.05) is 35.0 Å². The van der Waals surface area contributed by atoms with Gasteiger partial charge in [0.2, 0.25) is 11.8 Å². The Hall–Kier alpha value is -2.46. The fourth-order valence-corrected chi connectivity index (χ4v) is 9.33. The molecule has 7 atom stereocenters. The molecule has 2 amide bonds. The second-order valence-electron chi connectivity index (χ2n) is 8.72. The third kappa shape index (κ3) is 2.64. The predicted molar refractivity (Wildman–Crippen MR) is 112 cm³/mol. The molecular formula is C21H19N3O5S2. The molecule has 2 saturated carbocycles. The Kier molecular flexibility index (Phi) is 4.20. The van der Waals surface area contributed by atoms with Gasteiger partial charge < -0.3 is 10.1 Å². The van der Waals surface area contributed by atoms with Gasteiger partial charge in [-0.15, -0.1) is 11.8 Å². The van der Waals surface area contributed by atoms with Crippen molar-refractivity contribution in [3.05, 3.63) is 44.6 Å². The number of thioether (sulfide) groups is 1. The molecule has 0 spiro atoms. The van der Waals surface area contributed by atoms with Crippen LogP contribution in [0.4, 0.5) is 0 Å². The van der Waals surface area contributed by atoms with Gasteiger partial charge in [-0.25, -0.2) is 0 Å². The first kappa shape index (κ1) is 19.2. The smallest absolute Gasteiger partial charge is 0.305 e. The maximum atomic E-state index is 13.2. The van der Waals surface area contributed by atoms with E-state index in [0.29, 0.717) is 0 Å². The average molecular weight is 458 g/mol. The lowest BCUT2D eigenvalue weighted by atomic mass is 9.68. The van der Waals surface area contributed by atoms with E-state index in [1.54, 1.807) is 18.0 Å². The monoisotopic (exact) mass is 457 g/mol. The minimum absolute atomic E-state index is 0.0363. The van der Waals surface area contributed by atoms with Crippen LogP contribution in [-0.2, 0) is 14.4 Å². The minimum Gasteiger partial charge on any atom is -0.481 e. The molecule has 2 bridgehead atoms. The lowest BCUT2D eigenvalue weighted by molar-refractivity contribution is -0.142. The first-order valence-electron chi connectivity index (χ1n) is 10.3. The van der Waals surface area contributed by atoms with Crippen LogP contribution in [0.2, 0.25) is 0 Å². The number of hydrogen-bond donors (Lipinski definition) is 2. The molecule has 1 saturated heterocycles.